The van der Waals surface area contributed by atoms with E-state index in [0.717, 1.165) is 31.4 Å². The molecule has 0 aromatic heterocycles. The summed E-state index contributed by atoms with van der Waals surface area (Å²) in [4.78, 5) is 24.4. The lowest BCUT2D eigenvalue weighted by Gasteiger charge is -2.26. The van der Waals surface area contributed by atoms with Crippen LogP contribution in [0.5, 0.6) is 5.75 Å². The SMILES string of the molecule is O=C(O)c1cc(F)cc(OCC(=O)N2CCCCC2)c1. The molecule has 1 aromatic carbocycles. The van der Waals surface area contributed by atoms with E-state index < -0.39 is 11.8 Å². The van der Waals surface area contributed by atoms with Crippen molar-refractivity contribution in [2.45, 2.75) is 19.3 Å². The van der Waals surface area contributed by atoms with E-state index in [-0.39, 0.29) is 23.8 Å². The molecule has 1 aliphatic heterocycles. The van der Waals surface area contributed by atoms with Crippen molar-refractivity contribution in [1.29, 1.82) is 0 Å². The highest BCUT2D eigenvalue weighted by molar-refractivity contribution is 5.88. The zero-order valence-corrected chi connectivity index (χ0v) is 11.0. The summed E-state index contributed by atoms with van der Waals surface area (Å²) < 4.78 is 18.4. The molecule has 0 aliphatic carbocycles. The van der Waals surface area contributed by atoms with Gasteiger partial charge in [0.1, 0.15) is 11.6 Å². The van der Waals surface area contributed by atoms with E-state index in [2.05, 4.69) is 0 Å². The van der Waals surface area contributed by atoms with E-state index in [1.54, 1.807) is 4.90 Å². The second-order valence-electron chi connectivity index (χ2n) is 4.71. The van der Waals surface area contributed by atoms with Crippen LogP contribution in [0.3, 0.4) is 0 Å². The Bertz CT molecular complexity index is 512. The second-order valence-corrected chi connectivity index (χ2v) is 4.71. The number of carbonyl (C=O) groups excluding carboxylic acids is 1. The highest BCUT2D eigenvalue weighted by Crippen LogP contribution is 2.17. The smallest absolute Gasteiger partial charge is 0.335 e. The van der Waals surface area contributed by atoms with Crippen molar-refractivity contribution in [2.24, 2.45) is 0 Å². The molecule has 1 aromatic rings. The predicted octanol–water partition coefficient (Wildman–Crippen LogP) is 1.92. The van der Waals surface area contributed by atoms with Gasteiger partial charge in [-0.3, -0.25) is 4.79 Å². The molecule has 0 spiro atoms. The number of ether oxygens (including phenoxy) is 1. The van der Waals surface area contributed by atoms with Crippen molar-refractivity contribution in [3.63, 3.8) is 0 Å². The van der Waals surface area contributed by atoms with Crippen LogP contribution < -0.4 is 4.74 Å². The molecule has 20 heavy (non-hydrogen) atoms. The lowest BCUT2D eigenvalue weighted by Crippen LogP contribution is -2.38. The molecule has 1 fully saturated rings. The molecule has 5 nitrogen and oxygen atoms in total. The van der Waals surface area contributed by atoms with Crippen LogP contribution in [-0.4, -0.2) is 41.6 Å². The molecule has 1 amide bonds. The first-order chi connectivity index (χ1) is 9.56. The fraction of sp³-hybridized carbons (Fsp3) is 0.429. The summed E-state index contributed by atoms with van der Waals surface area (Å²) in [7, 11) is 0. The Labute approximate surface area is 116 Å². The summed E-state index contributed by atoms with van der Waals surface area (Å²) in [5.41, 5.74) is -0.203. The van der Waals surface area contributed by atoms with Crippen LogP contribution in [0.2, 0.25) is 0 Å². The average Bonchev–Trinajstić information content (AvgIpc) is 2.45. The third kappa shape index (κ3) is 3.69. The molecule has 108 valence electrons. The molecule has 0 atom stereocenters. The minimum atomic E-state index is -1.24. The maximum Gasteiger partial charge on any atom is 0.335 e. The van der Waals surface area contributed by atoms with Gasteiger partial charge in [-0.25, -0.2) is 9.18 Å². The van der Waals surface area contributed by atoms with E-state index in [9.17, 15) is 14.0 Å². The number of nitrogens with zero attached hydrogens (tertiary/aromatic N) is 1. The molecular weight excluding hydrogens is 265 g/mol. The van der Waals surface area contributed by atoms with E-state index >= 15 is 0 Å². The van der Waals surface area contributed by atoms with Crippen LogP contribution >= 0.6 is 0 Å². The standard InChI is InChI=1S/C14H16FNO4/c15-11-6-10(14(18)19)7-12(8-11)20-9-13(17)16-4-2-1-3-5-16/h6-8H,1-5,9H2,(H,18,19). The van der Waals surface area contributed by atoms with Crippen LogP contribution in [0, 0.1) is 5.82 Å². The van der Waals surface area contributed by atoms with Crippen LogP contribution in [0.25, 0.3) is 0 Å². The number of piperidine rings is 1. The molecular formula is C14H16FNO4. The van der Waals surface area contributed by atoms with Crippen LogP contribution in [0.15, 0.2) is 18.2 Å². The summed E-state index contributed by atoms with van der Waals surface area (Å²) in [6, 6.07) is 3.17. The number of carboxylic acids is 1. The van der Waals surface area contributed by atoms with Crippen molar-refractivity contribution >= 4 is 11.9 Å². The van der Waals surface area contributed by atoms with Gasteiger partial charge in [0, 0.05) is 19.2 Å². The zero-order chi connectivity index (χ0) is 14.5. The Hall–Kier alpha value is -2.11. The van der Waals surface area contributed by atoms with Gasteiger partial charge in [0.15, 0.2) is 6.61 Å². The number of rotatable bonds is 4. The van der Waals surface area contributed by atoms with Gasteiger partial charge in [0.25, 0.3) is 5.91 Å². The minimum absolute atomic E-state index is 0.0489. The molecule has 6 heteroatoms. The number of aromatic carboxylic acids is 1. The first-order valence-corrected chi connectivity index (χ1v) is 6.51. The third-order valence-electron chi connectivity index (χ3n) is 3.19. The minimum Gasteiger partial charge on any atom is -0.484 e. The second kappa shape index (κ2) is 6.36. The highest BCUT2D eigenvalue weighted by Gasteiger charge is 2.17. The topological polar surface area (TPSA) is 66.8 Å². The Morgan fingerprint density at radius 3 is 2.55 bits per heavy atom. The van der Waals surface area contributed by atoms with Crippen molar-refractivity contribution < 1.29 is 23.8 Å². The molecule has 0 saturated carbocycles. The van der Waals surface area contributed by atoms with E-state index in [0.29, 0.717) is 13.1 Å². The number of amides is 1. The molecule has 1 N–H and O–H groups in total. The van der Waals surface area contributed by atoms with Gasteiger partial charge in [-0.1, -0.05) is 0 Å². The van der Waals surface area contributed by atoms with Gasteiger partial charge in [-0.2, -0.15) is 0 Å². The lowest BCUT2D eigenvalue weighted by atomic mass is 10.1. The van der Waals surface area contributed by atoms with Crippen LogP contribution in [-0.2, 0) is 4.79 Å². The monoisotopic (exact) mass is 281 g/mol. The number of benzene rings is 1. The number of carboxylic acid groups (broad SMARTS) is 1. The number of likely N-dealkylation sites (tertiary alicyclic amines) is 1. The summed E-state index contributed by atoms with van der Waals surface area (Å²) in [5.74, 6) is -2.05. The summed E-state index contributed by atoms with van der Waals surface area (Å²) >= 11 is 0. The first kappa shape index (κ1) is 14.3. The van der Waals surface area contributed by atoms with Gasteiger partial charge >= 0.3 is 5.97 Å². The molecule has 0 bridgehead atoms. The van der Waals surface area contributed by atoms with Crippen molar-refractivity contribution in [1.82, 2.24) is 4.90 Å². The van der Waals surface area contributed by atoms with Crippen LogP contribution in [0.4, 0.5) is 4.39 Å². The maximum absolute atomic E-state index is 13.2. The van der Waals surface area contributed by atoms with Gasteiger partial charge in [-0.05, 0) is 31.4 Å². The summed E-state index contributed by atoms with van der Waals surface area (Å²) in [5, 5.41) is 8.82. The zero-order valence-electron chi connectivity index (χ0n) is 11.0. The van der Waals surface area contributed by atoms with Gasteiger partial charge in [-0.15, -0.1) is 0 Å². The molecule has 1 saturated heterocycles. The number of carbonyl (C=O) groups is 2. The van der Waals surface area contributed by atoms with E-state index in [1.807, 2.05) is 0 Å². The molecule has 1 heterocycles. The number of halogens is 1. The molecule has 0 unspecified atom stereocenters. The lowest BCUT2D eigenvalue weighted by molar-refractivity contribution is -0.134. The number of hydrogen-bond acceptors (Lipinski definition) is 3. The average molecular weight is 281 g/mol. The Balaban J connectivity index is 1.96. The molecule has 1 aliphatic rings. The van der Waals surface area contributed by atoms with E-state index in [1.165, 1.54) is 6.07 Å². The van der Waals surface area contributed by atoms with Crippen molar-refractivity contribution in [2.75, 3.05) is 19.7 Å². The summed E-state index contributed by atoms with van der Waals surface area (Å²) in [6.45, 7) is 1.22. The normalized spacial score (nSPS) is 14.9. The molecule has 2 rings (SSSR count). The van der Waals surface area contributed by atoms with Crippen molar-refractivity contribution in [3.05, 3.63) is 29.6 Å². The quantitative estimate of drug-likeness (QED) is 0.915. The van der Waals surface area contributed by atoms with Gasteiger partial charge in [0.2, 0.25) is 0 Å². The Kier molecular flexibility index (Phi) is 4.55. The third-order valence-corrected chi connectivity index (χ3v) is 3.19. The summed E-state index contributed by atoms with van der Waals surface area (Å²) in [6.07, 6.45) is 3.08. The van der Waals surface area contributed by atoms with Crippen LogP contribution in [0.1, 0.15) is 29.6 Å². The number of hydrogen-bond donors (Lipinski definition) is 1. The Morgan fingerprint density at radius 2 is 1.90 bits per heavy atom. The highest BCUT2D eigenvalue weighted by atomic mass is 19.1. The Morgan fingerprint density at radius 1 is 1.20 bits per heavy atom. The van der Waals surface area contributed by atoms with Gasteiger partial charge in [0.05, 0.1) is 5.56 Å². The predicted molar refractivity (Wildman–Crippen MR) is 69.3 cm³/mol. The largest absolute Gasteiger partial charge is 0.484 e. The molecule has 0 radical (unpaired) electrons. The van der Waals surface area contributed by atoms with Crippen molar-refractivity contribution in [3.8, 4) is 5.75 Å². The fourth-order valence-electron chi connectivity index (χ4n) is 2.15. The van der Waals surface area contributed by atoms with E-state index in [4.69, 9.17) is 9.84 Å². The van der Waals surface area contributed by atoms with Gasteiger partial charge < -0.3 is 14.7 Å². The fourth-order valence-corrected chi connectivity index (χ4v) is 2.15. The maximum atomic E-state index is 13.2. The first-order valence-electron chi connectivity index (χ1n) is 6.51.